The van der Waals surface area contributed by atoms with Crippen LogP contribution >= 0.6 is 11.8 Å². The van der Waals surface area contributed by atoms with Crippen LogP contribution in [0.3, 0.4) is 0 Å². The SMILES string of the molecule is CCS[C@@H]1CC[C@H](N(C)C(=O)Cc2cc(C)[nH]n2)C1. The minimum atomic E-state index is 0.179. The summed E-state index contributed by atoms with van der Waals surface area (Å²) in [5.74, 6) is 1.35. The Morgan fingerprint density at radius 1 is 1.58 bits per heavy atom. The zero-order valence-corrected chi connectivity index (χ0v) is 12.8. The van der Waals surface area contributed by atoms with Gasteiger partial charge >= 0.3 is 0 Å². The molecule has 2 atom stereocenters. The van der Waals surface area contributed by atoms with E-state index < -0.39 is 0 Å². The van der Waals surface area contributed by atoms with E-state index in [0.29, 0.717) is 12.5 Å². The maximum absolute atomic E-state index is 12.2. The molecule has 1 heterocycles. The largest absolute Gasteiger partial charge is 0.342 e. The normalized spacial score (nSPS) is 22.7. The number of likely N-dealkylation sites (N-methyl/N-ethyl adjacent to an activating group) is 1. The van der Waals surface area contributed by atoms with Crippen molar-refractivity contribution in [2.24, 2.45) is 0 Å². The number of nitrogens with zero attached hydrogens (tertiary/aromatic N) is 2. The van der Waals surface area contributed by atoms with Crippen LogP contribution in [-0.2, 0) is 11.2 Å². The smallest absolute Gasteiger partial charge is 0.228 e. The van der Waals surface area contributed by atoms with Crippen LogP contribution in [0.25, 0.3) is 0 Å². The minimum absolute atomic E-state index is 0.179. The Bertz CT molecular complexity index is 432. The topological polar surface area (TPSA) is 49.0 Å². The van der Waals surface area contributed by atoms with Crippen LogP contribution in [-0.4, -0.2) is 45.1 Å². The maximum Gasteiger partial charge on any atom is 0.228 e. The van der Waals surface area contributed by atoms with E-state index in [1.54, 1.807) is 0 Å². The minimum Gasteiger partial charge on any atom is -0.342 e. The average Bonchev–Trinajstić information content (AvgIpc) is 2.98. The van der Waals surface area contributed by atoms with Crippen molar-refractivity contribution in [3.8, 4) is 0 Å². The van der Waals surface area contributed by atoms with Crippen molar-refractivity contribution < 1.29 is 4.79 Å². The van der Waals surface area contributed by atoms with Gasteiger partial charge in [-0.25, -0.2) is 0 Å². The Balaban J connectivity index is 1.86. The van der Waals surface area contributed by atoms with Crippen molar-refractivity contribution in [2.45, 2.75) is 50.8 Å². The fourth-order valence-electron chi connectivity index (χ4n) is 2.70. The lowest BCUT2D eigenvalue weighted by molar-refractivity contribution is -0.131. The summed E-state index contributed by atoms with van der Waals surface area (Å²) >= 11 is 2.02. The molecule has 4 nitrogen and oxygen atoms in total. The average molecular weight is 281 g/mol. The number of H-pyrrole nitrogens is 1. The first-order chi connectivity index (χ1) is 9.10. The molecule has 1 saturated carbocycles. The third-order valence-corrected chi connectivity index (χ3v) is 5.02. The number of amides is 1. The number of rotatable bonds is 5. The molecule has 1 fully saturated rings. The van der Waals surface area contributed by atoms with E-state index in [4.69, 9.17) is 0 Å². The molecule has 5 heteroatoms. The number of nitrogens with one attached hydrogen (secondary N) is 1. The van der Waals surface area contributed by atoms with Crippen LogP contribution < -0.4 is 0 Å². The Kier molecular flexibility index (Phi) is 4.91. The van der Waals surface area contributed by atoms with E-state index in [0.717, 1.165) is 29.5 Å². The number of carbonyl (C=O) groups excluding carboxylic acids is 1. The summed E-state index contributed by atoms with van der Waals surface area (Å²) in [7, 11) is 1.94. The summed E-state index contributed by atoms with van der Waals surface area (Å²) < 4.78 is 0. The number of hydrogen-bond donors (Lipinski definition) is 1. The third kappa shape index (κ3) is 3.75. The zero-order chi connectivity index (χ0) is 13.8. The van der Waals surface area contributed by atoms with Gasteiger partial charge in [-0.2, -0.15) is 16.9 Å². The standard InChI is InChI=1S/C14H23N3OS/c1-4-19-13-6-5-12(9-13)17(3)14(18)8-11-7-10(2)15-16-11/h7,12-13H,4-6,8-9H2,1-3H3,(H,15,16)/t12-,13+/m0/s1. The molecule has 1 aromatic heterocycles. The molecule has 0 bridgehead atoms. The lowest BCUT2D eigenvalue weighted by Gasteiger charge is -2.24. The van der Waals surface area contributed by atoms with Gasteiger partial charge in [0.05, 0.1) is 12.1 Å². The van der Waals surface area contributed by atoms with Crippen molar-refractivity contribution in [1.29, 1.82) is 0 Å². The van der Waals surface area contributed by atoms with E-state index in [2.05, 4.69) is 17.1 Å². The lowest BCUT2D eigenvalue weighted by Crippen LogP contribution is -2.36. The summed E-state index contributed by atoms with van der Waals surface area (Å²) in [6, 6.07) is 2.35. The molecule has 2 rings (SSSR count). The van der Waals surface area contributed by atoms with Gasteiger partial charge in [0.15, 0.2) is 0 Å². The summed E-state index contributed by atoms with van der Waals surface area (Å²) in [6.07, 6.45) is 3.92. The lowest BCUT2D eigenvalue weighted by atomic mass is 10.2. The Morgan fingerprint density at radius 2 is 2.37 bits per heavy atom. The Labute approximate surface area is 119 Å². The first kappa shape index (κ1) is 14.4. The summed E-state index contributed by atoms with van der Waals surface area (Å²) in [5.41, 5.74) is 1.84. The second-order valence-electron chi connectivity index (χ2n) is 5.27. The number of carbonyl (C=O) groups is 1. The highest BCUT2D eigenvalue weighted by molar-refractivity contribution is 7.99. The molecule has 0 aromatic carbocycles. The number of aryl methyl sites for hydroxylation is 1. The molecule has 1 N–H and O–H groups in total. The summed E-state index contributed by atoms with van der Waals surface area (Å²) in [6.45, 7) is 4.15. The number of hydrogen-bond acceptors (Lipinski definition) is 3. The van der Waals surface area contributed by atoms with Gasteiger partial charge in [-0.3, -0.25) is 9.89 Å². The van der Waals surface area contributed by atoms with E-state index >= 15 is 0 Å². The first-order valence-corrected chi connectivity index (χ1v) is 8.03. The molecule has 1 aromatic rings. The molecule has 19 heavy (non-hydrogen) atoms. The van der Waals surface area contributed by atoms with Crippen LogP contribution in [0.2, 0.25) is 0 Å². The number of aromatic nitrogens is 2. The molecular formula is C14H23N3OS. The monoisotopic (exact) mass is 281 g/mol. The fourth-order valence-corrected chi connectivity index (χ4v) is 3.84. The molecular weight excluding hydrogens is 258 g/mol. The predicted octanol–water partition coefficient (Wildman–Crippen LogP) is 2.39. The second kappa shape index (κ2) is 6.46. The predicted molar refractivity (Wildman–Crippen MR) is 79.4 cm³/mol. The number of thioether (sulfide) groups is 1. The molecule has 106 valence electrons. The van der Waals surface area contributed by atoms with Gasteiger partial charge in [0, 0.05) is 24.0 Å². The second-order valence-corrected chi connectivity index (χ2v) is 6.85. The van der Waals surface area contributed by atoms with E-state index in [-0.39, 0.29) is 5.91 Å². The van der Waals surface area contributed by atoms with Gasteiger partial charge in [0.25, 0.3) is 0 Å². The van der Waals surface area contributed by atoms with Crippen LogP contribution in [0.5, 0.6) is 0 Å². The fraction of sp³-hybridized carbons (Fsp3) is 0.714. The van der Waals surface area contributed by atoms with Crippen molar-refractivity contribution in [2.75, 3.05) is 12.8 Å². The van der Waals surface area contributed by atoms with Crippen molar-refractivity contribution in [3.05, 3.63) is 17.5 Å². The molecule has 1 amide bonds. The van der Waals surface area contributed by atoms with Gasteiger partial charge in [-0.05, 0) is 38.0 Å². The van der Waals surface area contributed by atoms with Crippen molar-refractivity contribution >= 4 is 17.7 Å². The summed E-state index contributed by atoms with van der Waals surface area (Å²) in [4.78, 5) is 14.2. The molecule has 0 spiro atoms. The quantitative estimate of drug-likeness (QED) is 0.901. The maximum atomic E-state index is 12.2. The molecule has 0 radical (unpaired) electrons. The molecule has 1 aliphatic carbocycles. The van der Waals surface area contributed by atoms with Gasteiger partial charge < -0.3 is 4.90 Å². The van der Waals surface area contributed by atoms with Crippen molar-refractivity contribution in [1.82, 2.24) is 15.1 Å². The molecule has 0 unspecified atom stereocenters. The van der Waals surface area contributed by atoms with Crippen LogP contribution in [0.1, 0.15) is 37.6 Å². The summed E-state index contributed by atoms with van der Waals surface area (Å²) in [5, 5.41) is 7.75. The van der Waals surface area contributed by atoms with E-state index in [1.165, 1.54) is 12.2 Å². The van der Waals surface area contributed by atoms with Crippen molar-refractivity contribution in [3.63, 3.8) is 0 Å². The highest BCUT2D eigenvalue weighted by atomic mass is 32.2. The molecule has 0 saturated heterocycles. The highest BCUT2D eigenvalue weighted by Crippen LogP contribution is 2.32. The van der Waals surface area contributed by atoms with Gasteiger partial charge in [-0.15, -0.1) is 0 Å². The van der Waals surface area contributed by atoms with E-state index in [1.807, 2.05) is 36.7 Å². The Hall–Kier alpha value is -0.970. The van der Waals surface area contributed by atoms with Gasteiger partial charge in [0.2, 0.25) is 5.91 Å². The third-order valence-electron chi connectivity index (χ3n) is 3.79. The van der Waals surface area contributed by atoms with Gasteiger partial charge in [0.1, 0.15) is 0 Å². The van der Waals surface area contributed by atoms with E-state index in [9.17, 15) is 4.79 Å². The molecule has 1 aliphatic rings. The number of aromatic amines is 1. The zero-order valence-electron chi connectivity index (χ0n) is 12.0. The highest BCUT2D eigenvalue weighted by Gasteiger charge is 2.29. The van der Waals surface area contributed by atoms with Crippen LogP contribution in [0, 0.1) is 6.92 Å². The first-order valence-electron chi connectivity index (χ1n) is 6.98. The Morgan fingerprint density at radius 3 is 3.00 bits per heavy atom. The molecule has 0 aliphatic heterocycles. The van der Waals surface area contributed by atoms with Crippen LogP contribution in [0.15, 0.2) is 6.07 Å². The van der Waals surface area contributed by atoms with Gasteiger partial charge in [-0.1, -0.05) is 6.92 Å². The van der Waals surface area contributed by atoms with Crippen LogP contribution in [0.4, 0.5) is 0 Å².